The maximum atomic E-state index is 8.42. The monoisotopic (exact) mass is 225 g/mol. The van der Waals surface area contributed by atoms with Gasteiger partial charge in [0.25, 0.3) is 0 Å². The second-order valence-corrected chi connectivity index (χ2v) is 0.789. The van der Waals surface area contributed by atoms with E-state index in [-0.39, 0.29) is 59.1 Å². The van der Waals surface area contributed by atoms with E-state index >= 15 is 0 Å². The Morgan fingerprint density at radius 3 is 0.714 bits per heavy atom. The zero-order chi connectivity index (χ0) is 10.7. The molecule has 0 aromatic heterocycles. The number of carboxylic acid groups (broad SMARTS) is 4. The minimum absolute atomic E-state index is 0. The topological polar surface area (TPSA) is 196 Å². The van der Waals surface area contributed by atoms with E-state index in [0.717, 1.165) is 0 Å². The fraction of sp³-hybridized carbons (Fsp3) is 0. The van der Waals surface area contributed by atoms with Crippen LogP contribution in [-0.2, 0) is 0 Å². The normalized spacial score (nSPS) is 5.36. The van der Waals surface area contributed by atoms with Crippen LogP contribution in [0.1, 0.15) is 0 Å². The Bertz CT molecular complexity index is 105. The Kier molecular flexibility index (Phi) is 48.9. The van der Waals surface area contributed by atoms with Gasteiger partial charge in [-0.2, -0.15) is 0 Å². The van der Waals surface area contributed by atoms with E-state index in [1.54, 1.807) is 0 Å². The van der Waals surface area contributed by atoms with Crippen LogP contribution in [-0.4, -0.2) is 19.6 Å². The number of carbonyl (C=O) groups is 2. The third-order valence-corrected chi connectivity index (χ3v) is 0. The number of hydrogen-bond acceptors (Lipinski definition) is 9. The van der Waals surface area contributed by atoms with Gasteiger partial charge in [-0.25, -0.2) is 0 Å². The Labute approximate surface area is 123 Å². The molecule has 0 rings (SSSR count). The van der Waals surface area contributed by atoms with Gasteiger partial charge in [0.1, 0.15) is 0 Å². The van der Waals surface area contributed by atoms with Gasteiger partial charge in [-0.3, -0.25) is 7.32 Å². The minimum atomic E-state index is -2.92. The Morgan fingerprint density at radius 2 is 0.714 bits per heavy atom. The number of rotatable bonds is 0. The molecular weight excluding hydrogens is 225 g/mol. The van der Waals surface area contributed by atoms with E-state index in [1.165, 1.54) is 0 Å². The molecule has 0 spiro atoms. The van der Waals surface area contributed by atoms with Gasteiger partial charge in [0.2, 0.25) is 0 Å². The molecule has 0 amide bonds. The molecule has 0 heterocycles. The van der Waals surface area contributed by atoms with E-state index < -0.39 is 19.6 Å². The molecule has 0 aromatic rings. The van der Waals surface area contributed by atoms with Crippen LogP contribution in [0.2, 0.25) is 0 Å². The molecular formula is C2BNa2O9-5. The van der Waals surface area contributed by atoms with Crippen LogP contribution in [0.15, 0.2) is 0 Å². The van der Waals surface area contributed by atoms with Crippen LogP contribution < -0.4 is 94.6 Å². The van der Waals surface area contributed by atoms with Crippen LogP contribution in [0, 0.1) is 0 Å². The fourth-order valence-corrected chi connectivity index (χ4v) is 0. The van der Waals surface area contributed by atoms with Gasteiger partial charge in [0.05, 0.1) is 0 Å². The molecule has 0 aromatic carbocycles. The quantitative estimate of drug-likeness (QED) is 0.359. The van der Waals surface area contributed by atoms with Crippen molar-refractivity contribution in [2.45, 2.75) is 0 Å². The summed E-state index contributed by atoms with van der Waals surface area (Å²) in [6.45, 7) is 0. The molecule has 0 saturated carbocycles. The molecule has 0 N–H and O–H groups in total. The second-order valence-electron chi connectivity index (χ2n) is 0.789. The largest absolute Gasteiger partial charge is 1.00 e. The predicted molar refractivity (Wildman–Crippen MR) is 16.5 cm³/mol. The zero-order valence-electron chi connectivity index (χ0n) is 7.25. The molecule has 0 bridgehead atoms. The van der Waals surface area contributed by atoms with E-state index in [2.05, 4.69) is 0 Å². The van der Waals surface area contributed by atoms with Crippen molar-refractivity contribution in [3.05, 3.63) is 0 Å². The maximum absolute atomic E-state index is 8.42. The van der Waals surface area contributed by atoms with Gasteiger partial charge in [0, 0.05) is 0 Å². The average molecular weight is 225 g/mol. The summed E-state index contributed by atoms with van der Waals surface area (Å²) < 4.78 is 0. The maximum Gasteiger partial charge on any atom is 1.00 e. The Hall–Kier alpha value is 0.485. The van der Waals surface area contributed by atoms with Crippen molar-refractivity contribution in [3.8, 4) is 0 Å². The van der Waals surface area contributed by atoms with Crippen molar-refractivity contribution in [1.29, 1.82) is 0 Å². The summed E-state index contributed by atoms with van der Waals surface area (Å²) in [5, 5.41) is 58.6. The molecule has 0 radical (unpaired) electrons. The van der Waals surface area contributed by atoms with Gasteiger partial charge < -0.3 is 45.1 Å². The van der Waals surface area contributed by atoms with E-state index in [1.807, 2.05) is 0 Å². The van der Waals surface area contributed by atoms with Gasteiger partial charge in [-0.15, -0.1) is 0 Å². The van der Waals surface area contributed by atoms with E-state index in [0.29, 0.717) is 0 Å². The first kappa shape index (κ1) is 29.3. The van der Waals surface area contributed by atoms with Crippen LogP contribution in [0.4, 0.5) is 9.59 Å². The Morgan fingerprint density at radius 1 is 0.714 bits per heavy atom. The summed E-state index contributed by atoms with van der Waals surface area (Å²) in [5.74, 6) is 0. The van der Waals surface area contributed by atoms with E-state index in [9.17, 15) is 0 Å². The number of hydrogen-bond donors (Lipinski definition) is 0. The molecule has 0 aliphatic rings. The van der Waals surface area contributed by atoms with Crippen molar-refractivity contribution in [2.24, 2.45) is 0 Å². The first-order valence-corrected chi connectivity index (χ1v) is 1.93. The van der Waals surface area contributed by atoms with Crippen molar-refractivity contribution in [3.63, 3.8) is 0 Å². The molecule has 0 saturated heterocycles. The zero-order valence-corrected chi connectivity index (χ0v) is 11.3. The van der Waals surface area contributed by atoms with Crippen LogP contribution in [0.5, 0.6) is 0 Å². The molecule has 14 heavy (non-hydrogen) atoms. The SMILES string of the molecule is O=C([O-])[O-].O=C([O-])[O-].[Na+].[Na+].[O-]B([O-])[O-]. The third-order valence-electron chi connectivity index (χ3n) is 0. The first-order chi connectivity index (χ1) is 5.20. The van der Waals surface area contributed by atoms with Crippen LogP contribution >= 0.6 is 0 Å². The fourth-order valence-electron chi connectivity index (χ4n) is 0. The Balaban J connectivity index is -0.0000000270. The molecule has 0 aliphatic heterocycles. The molecule has 9 nitrogen and oxygen atoms in total. The first-order valence-electron chi connectivity index (χ1n) is 1.93. The molecule has 0 aliphatic carbocycles. The minimum Gasteiger partial charge on any atom is -0.907 e. The van der Waals surface area contributed by atoms with Gasteiger partial charge in [-0.1, -0.05) is 0 Å². The average Bonchev–Trinajstić information content (AvgIpc) is 1.54. The standard InChI is InChI=1S/2CH2O3.BO3.2Na/c3*2-1(3)4;;/h2*(H2,2,3,4);;;/q;;-3;2*+1/p-4. The molecule has 0 atom stereocenters. The summed E-state index contributed by atoms with van der Waals surface area (Å²) >= 11 is 0. The van der Waals surface area contributed by atoms with E-state index in [4.69, 9.17) is 45.1 Å². The summed E-state index contributed by atoms with van der Waals surface area (Å²) in [4.78, 5) is 16.7. The van der Waals surface area contributed by atoms with Crippen LogP contribution in [0.25, 0.3) is 0 Å². The van der Waals surface area contributed by atoms with Gasteiger partial charge in [0.15, 0.2) is 0 Å². The predicted octanol–water partition coefficient (Wildman–Crippen LogP) is -14.8. The van der Waals surface area contributed by atoms with Crippen LogP contribution in [0.3, 0.4) is 0 Å². The molecule has 0 unspecified atom stereocenters. The van der Waals surface area contributed by atoms with Crippen molar-refractivity contribution >= 4 is 19.6 Å². The summed E-state index contributed by atoms with van der Waals surface area (Å²) in [6, 6.07) is 0. The molecule has 12 heteroatoms. The molecule has 0 fully saturated rings. The van der Waals surface area contributed by atoms with Gasteiger partial charge >= 0.3 is 59.1 Å². The smallest absolute Gasteiger partial charge is 0.907 e. The van der Waals surface area contributed by atoms with Crippen molar-refractivity contribution in [1.82, 2.24) is 0 Å². The summed E-state index contributed by atoms with van der Waals surface area (Å²) in [5.41, 5.74) is 0. The third kappa shape index (κ3) is 7000. The summed E-state index contributed by atoms with van der Waals surface area (Å²) in [6.07, 6.45) is -4.67. The van der Waals surface area contributed by atoms with Crippen molar-refractivity contribution < 1.29 is 104 Å². The second kappa shape index (κ2) is 23.4. The van der Waals surface area contributed by atoms with Crippen molar-refractivity contribution in [2.75, 3.05) is 0 Å². The number of carbonyl (C=O) groups excluding carboxylic acids is 2. The molecule has 72 valence electrons. The summed E-state index contributed by atoms with van der Waals surface area (Å²) in [7, 11) is -2.92. The van der Waals surface area contributed by atoms with Gasteiger partial charge in [-0.05, 0) is 12.3 Å².